The van der Waals surface area contributed by atoms with Gasteiger partial charge in [-0.3, -0.25) is 9.08 Å². The molecule has 0 atom stereocenters. The van der Waals surface area contributed by atoms with Gasteiger partial charge in [0.15, 0.2) is 0 Å². The molecule has 0 radical (unpaired) electrons. The molecule has 4 aliphatic carbocycles. The summed E-state index contributed by atoms with van der Waals surface area (Å²) in [5.74, 6) is 3.27. The van der Waals surface area contributed by atoms with Crippen LogP contribution in [0.5, 0.6) is 5.75 Å². The summed E-state index contributed by atoms with van der Waals surface area (Å²) in [6, 6.07) is 22.9. The maximum Gasteiger partial charge on any atom is 0.414 e. The Bertz CT molecular complexity index is 1730. The van der Waals surface area contributed by atoms with Crippen LogP contribution in [-0.2, 0) is 33.9 Å². The van der Waals surface area contributed by atoms with E-state index < -0.39 is 21.8 Å². The quantitative estimate of drug-likeness (QED) is 0.0822. The Morgan fingerprint density at radius 2 is 1.23 bits per heavy atom. The van der Waals surface area contributed by atoms with Gasteiger partial charge in [-0.15, -0.1) is 0 Å². The summed E-state index contributed by atoms with van der Waals surface area (Å²) in [5.41, 5.74) is 3.78. The number of benzene rings is 3. The fourth-order valence-corrected chi connectivity index (χ4v) is 9.26. The van der Waals surface area contributed by atoms with E-state index in [0.717, 1.165) is 40.3 Å². The number of amides is 1. The van der Waals surface area contributed by atoms with E-state index in [-0.39, 0.29) is 23.5 Å². The fourth-order valence-electron chi connectivity index (χ4n) is 8.36. The lowest BCUT2D eigenvalue weighted by molar-refractivity contribution is -0.00521. The molecule has 7 rings (SSSR count). The zero-order valence-electron chi connectivity index (χ0n) is 30.9. The zero-order valence-corrected chi connectivity index (χ0v) is 31.7. The van der Waals surface area contributed by atoms with E-state index in [9.17, 15) is 13.2 Å². The minimum Gasteiger partial charge on any atom is -0.491 e. The summed E-state index contributed by atoms with van der Waals surface area (Å²) in [6.07, 6.45) is 11.5. The Morgan fingerprint density at radius 3 is 1.77 bits per heavy atom. The highest BCUT2D eigenvalue weighted by Crippen LogP contribution is 2.60. The van der Waals surface area contributed by atoms with Crippen LogP contribution in [-0.4, -0.2) is 66.8 Å². The number of carbonyl (C=O) groups excluding carboxylic acids is 1. The van der Waals surface area contributed by atoms with Gasteiger partial charge in [-0.25, -0.2) is 4.79 Å². The minimum absolute atomic E-state index is 0.0485. The van der Waals surface area contributed by atoms with Crippen molar-refractivity contribution in [1.82, 2.24) is 0 Å². The van der Waals surface area contributed by atoms with Gasteiger partial charge in [0, 0.05) is 12.7 Å². The van der Waals surface area contributed by atoms with Gasteiger partial charge in [0.2, 0.25) is 0 Å². The first-order valence-corrected chi connectivity index (χ1v) is 19.9. The predicted octanol–water partition coefficient (Wildman–Crippen LogP) is 8.51. The number of carbonyl (C=O) groups is 1. The van der Waals surface area contributed by atoms with Crippen LogP contribution in [0, 0.1) is 17.8 Å². The predicted molar refractivity (Wildman–Crippen MR) is 203 cm³/mol. The first kappa shape index (κ1) is 38.0. The number of hydrogen-bond donors (Lipinski definition) is 0. The van der Waals surface area contributed by atoms with Crippen LogP contribution >= 0.6 is 0 Å². The first-order chi connectivity index (χ1) is 24.9. The molecule has 280 valence electrons. The van der Waals surface area contributed by atoms with Gasteiger partial charge in [0.05, 0.1) is 37.9 Å². The number of ether oxygens (including phenoxy) is 4. The molecule has 0 aliphatic heterocycles. The van der Waals surface area contributed by atoms with Gasteiger partial charge in [0.1, 0.15) is 18.0 Å². The van der Waals surface area contributed by atoms with Crippen molar-refractivity contribution in [1.29, 1.82) is 0 Å². The summed E-state index contributed by atoms with van der Waals surface area (Å²) >= 11 is 0. The van der Waals surface area contributed by atoms with Gasteiger partial charge in [0.25, 0.3) is 10.1 Å². The van der Waals surface area contributed by atoms with E-state index in [1.807, 2.05) is 93.6 Å². The molecule has 9 nitrogen and oxygen atoms in total. The van der Waals surface area contributed by atoms with Crippen LogP contribution in [0.3, 0.4) is 0 Å². The van der Waals surface area contributed by atoms with Gasteiger partial charge in [-0.2, -0.15) is 8.42 Å². The molecule has 0 saturated heterocycles. The highest BCUT2D eigenvalue weighted by Gasteiger charge is 2.51. The van der Waals surface area contributed by atoms with E-state index in [0.29, 0.717) is 26.4 Å². The molecule has 0 spiro atoms. The maximum absolute atomic E-state index is 12.8. The molecule has 0 aromatic heterocycles. The zero-order chi connectivity index (χ0) is 36.8. The third-order valence-corrected chi connectivity index (χ3v) is 11.8. The molecule has 3 aromatic carbocycles. The molecular weight excluding hydrogens is 679 g/mol. The van der Waals surface area contributed by atoms with Crippen molar-refractivity contribution in [3.05, 3.63) is 89.5 Å². The van der Waals surface area contributed by atoms with Crippen LogP contribution in [0.2, 0.25) is 0 Å². The van der Waals surface area contributed by atoms with Crippen LogP contribution < -0.4 is 9.64 Å². The summed E-state index contributed by atoms with van der Waals surface area (Å²) < 4.78 is 53.1. The summed E-state index contributed by atoms with van der Waals surface area (Å²) in [6.45, 7) is 7.12. The Morgan fingerprint density at radius 1 is 0.731 bits per heavy atom. The number of anilines is 1. The lowest BCUT2D eigenvalue weighted by Gasteiger charge is -2.57. The molecule has 4 aliphatic rings. The third-order valence-electron chi connectivity index (χ3n) is 10.4. The van der Waals surface area contributed by atoms with Crippen molar-refractivity contribution >= 4 is 34.1 Å². The van der Waals surface area contributed by atoms with E-state index in [2.05, 4.69) is 0 Å². The topological polar surface area (TPSA) is 101 Å². The van der Waals surface area contributed by atoms with Crippen molar-refractivity contribution < 1.29 is 36.3 Å². The van der Waals surface area contributed by atoms with Crippen LogP contribution in [0.15, 0.2) is 77.7 Å². The van der Waals surface area contributed by atoms with E-state index in [1.54, 1.807) is 19.2 Å². The van der Waals surface area contributed by atoms with Crippen LogP contribution in [0.4, 0.5) is 10.5 Å². The number of rotatable bonds is 16. The van der Waals surface area contributed by atoms with Gasteiger partial charge in [-0.1, -0.05) is 48.6 Å². The summed E-state index contributed by atoms with van der Waals surface area (Å²) in [5, 5.41) is 0. The standard InChI is InChI=1S/C42H53NO8S/c1-41(2,3)51-40(44)43(4)37-13-7-31(8-14-37)5-6-32-9-15-38(16-10-32)49-23-21-47-19-20-48-22-24-50-52(45,46)39-17-11-36(12-18-39)42-28-33-25-34(29-42)27-35(26-33)30-42/h5-18,33-35H,19-30H2,1-4H3. The van der Waals surface area contributed by atoms with Crippen LogP contribution in [0.25, 0.3) is 12.2 Å². The SMILES string of the molecule is CN(C(=O)OC(C)(C)C)c1ccc(C=Cc2ccc(OCCOCCOCCOS(=O)(=O)c3ccc(C45CC6CC(CC(C6)C4)C5)cc3)cc2)cc1. The van der Waals surface area contributed by atoms with Crippen molar-refractivity contribution in [3.63, 3.8) is 0 Å². The molecule has 4 bridgehead atoms. The second kappa shape index (κ2) is 16.5. The average molecular weight is 732 g/mol. The number of hydrogen-bond acceptors (Lipinski definition) is 8. The monoisotopic (exact) mass is 731 g/mol. The Labute approximate surface area is 309 Å². The van der Waals surface area contributed by atoms with Crippen molar-refractivity contribution in [3.8, 4) is 5.75 Å². The van der Waals surface area contributed by atoms with Crippen molar-refractivity contribution in [2.45, 2.75) is 75.2 Å². The Hall–Kier alpha value is -3.70. The highest BCUT2D eigenvalue weighted by atomic mass is 32.2. The van der Waals surface area contributed by atoms with Crippen LogP contribution in [0.1, 0.15) is 76.0 Å². The molecule has 52 heavy (non-hydrogen) atoms. The van der Waals surface area contributed by atoms with Gasteiger partial charge in [-0.05, 0) is 136 Å². The van der Waals surface area contributed by atoms with Gasteiger partial charge < -0.3 is 18.9 Å². The highest BCUT2D eigenvalue weighted by molar-refractivity contribution is 7.86. The van der Waals surface area contributed by atoms with Crippen molar-refractivity contribution in [2.24, 2.45) is 17.8 Å². The second-order valence-corrected chi connectivity index (χ2v) is 17.2. The molecular formula is C42H53NO8S. The lowest BCUT2D eigenvalue weighted by Crippen LogP contribution is -2.48. The molecule has 3 aromatic rings. The lowest BCUT2D eigenvalue weighted by atomic mass is 9.48. The smallest absolute Gasteiger partial charge is 0.414 e. The van der Waals surface area contributed by atoms with E-state index in [1.165, 1.54) is 49.0 Å². The van der Waals surface area contributed by atoms with Crippen molar-refractivity contribution in [2.75, 3.05) is 51.6 Å². The van der Waals surface area contributed by atoms with Gasteiger partial charge >= 0.3 is 6.09 Å². The minimum atomic E-state index is -3.84. The fraction of sp³-hybridized carbons (Fsp3) is 0.500. The molecule has 1 amide bonds. The number of nitrogens with zero attached hydrogens (tertiary/aromatic N) is 1. The second-order valence-electron chi connectivity index (χ2n) is 15.6. The molecule has 4 fully saturated rings. The molecule has 0 N–H and O–H groups in total. The third kappa shape index (κ3) is 10.0. The largest absolute Gasteiger partial charge is 0.491 e. The first-order valence-electron chi connectivity index (χ1n) is 18.5. The Balaban J connectivity index is 0.819. The maximum atomic E-state index is 12.8. The van der Waals surface area contributed by atoms with E-state index >= 15 is 0 Å². The molecule has 4 saturated carbocycles. The average Bonchev–Trinajstić information content (AvgIpc) is 3.11. The molecule has 0 heterocycles. The Kier molecular flexibility index (Phi) is 12.1. The summed E-state index contributed by atoms with van der Waals surface area (Å²) in [7, 11) is -2.15. The summed E-state index contributed by atoms with van der Waals surface area (Å²) in [4.78, 5) is 14.0. The molecule has 10 heteroatoms. The molecule has 0 unspecified atom stereocenters. The van der Waals surface area contributed by atoms with E-state index in [4.69, 9.17) is 23.1 Å². The normalized spacial score (nSPS) is 22.5.